The second kappa shape index (κ2) is 4.35. The van der Waals surface area contributed by atoms with E-state index in [-0.39, 0.29) is 11.4 Å². The van der Waals surface area contributed by atoms with Crippen LogP contribution in [-0.4, -0.2) is 26.8 Å². The molecule has 0 bridgehead atoms. The van der Waals surface area contributed by atoms with E-state index in [1.807, 2.05) is 0 Å². The van der Waals surface area contributed by atoms with Crippen molar-refractivity contribution in [2.75, 3.05) is 20.2 Å². The maximum absolute atomic E-state index is 11.9. The van der Waals surface area contributed by atoms with Gasteiger partial charge in [0.05, 0.1) is 0 Å². The molecular weight excluding hydrogens is 216 g/mol. The average molecular weight is 229 g/mol. The molecule has 0 saturated carbocycles. The number of halogens is 2. The molecule has 1 fully saturated rings. The lowest BCUT2D eigenvalue weighted by molar-refractivity contribution is -0.0572. The molecular formula is C11H13F2NO2. The molecule has 1 aromatic rings. The number of methoxy groups -OCH3 is 1. The average Bonchev–Trinajstić information content (AvgIpc) is 2.19. The molecule has 0 atom stereocenters. The van der Waals surface area contributed by atoms with Gasteiger partial charge in [-0.2, -0.15) is 8.78 Å². The molecule has 5 heteroatoms. The highest BCUT2D eigenvalue weighted by Gasteiger charge is 2.38. The highest BCUT2D eigenvalue weighted by Crippen LogP contribution is 2.30. The van der Waals surface area contributed by atoms with E-state index in [2.05, 4.69) is 10.1 Å². The fraction of sp³-hybridized carbons (Fsp3) is 0.455. The molecule has 0 unspecified atom stereocenters. The van der Waals surface area contributed by atoms with Gasteiger partial charge in [0.15, 0.2) is 0 Å². The molecule has 3 nitrogen and oxygen atoms in total. The fourth-order valence-corrected chi connectivity index (χ4v) is 1.76. The molecule has 1 N–H and O–H groups in total. The Hall–Kier alpha value is -1.20. The smallest absolute Gasteiger partial charge is 0.387 e. The van der Waals surface area contributed by atoms with Crippen LogP contribution in [0.5, 0.6) is 5.75 Å². The topological polar surface area (TPSA) is 30.5 Å². The zero-order valence-electron chi connectivity index (χ0n) is 8.87. The molecule has 0 amide bonds. The maximum atomic E-state index is 11.9. The van der Waals surface area contributed by atoms with E-state index in [0.29, 0.717) is 0 Å². The molecule has 0 aromatic heterocycles. The van der Waals surface area contributed by atoms with Crippen LogP contribution >= 0.6 is 0 Å². The standard InChI is InChI=1S/C11H13F2NO2/c1-15-11(6-14-7-11)8-2-4-9(5-3-8)16-10(12)13/h2-5,10,14H,6-7H2,1H3. The Morgan fingerprint density at radius 2 is 1.88 bits per heavy atom. The second-order valence-corrected chi connectivity index (χ2v) is 3.70. The number of hydrogen-bond donors (Lipinski definition) is 1. The van der Waals surface area contributed by atoms with Gasteiger partial charge in [-0.25, -0.2) is 0 Å². The predicted octanol–water partition coefficient (Wildman–Crippen LogP) is 1.73. The maximum Gasteiger partial charge on any atom is 0.387 e. The quantitative estimate of drug-likeness (QED) is 0.853. The molecule has 1 aliphatic rings. The first-order valence-electron chi connectivity index (χ1n) is 4.97. The molecule has 1 aromatic carbocycles. The third-order valence-electron chi connectivity index (χ3n) is 2.82. The number of hydrogen-bond acceptors (Lipinski definition) is 3. The molecule has 1 aliphatic heterocycles. The Bertz CT molecular complexity index is 344. The van der Waals surface area contributed by atoms with Crippen molar-refractivity contribution >= 4 is 0 Å². The third kappa shape index (κ3) is 2.01. The van der Waals surface area contributed by atoms with E-state index in [0.717, 1.165) is 18.7 Å². The van der Waals surface area contributed by atoms with Gasteiger partial charge in [0, 0.05) is 20.2 Å². The van der Waals surface area contributed by atoms with Gasteiger partial charge in [0.1, 0.15) is 11.4 Å². The van der Waals surface area contributed by atoms with Crippen molar-refractivity contribution in [3.63, 3.8) is 0 Å². The Kier molecular flexibility index (Phi) is 3.07. The molecule has 88 valence electrons. The van der Waals surface area contributed by atoms with Crippen molar-refractivity contribution < 1.29 is 18.3 Å². The summed E-state index contributed by atoms with van der Waals surface area (Å²) in [6.45, 7) is -1.32. The van der Waals surface area contributed by atoms with Gasteiger partial charge in [0.25, 0.3) is 0 Å². The summed E-state index contributed by atoms with van der Waals surface area (Å²) in [6, 6.07) is 6.56. The van der Waals surface area contributed by atoms with Crippen LogP contribution in [0.3, 0.4) is 0 Å². The molecule has 0 spiro atoms. The number of nitrogens with one attached hydrogen (secondary N) is 1. The van der Waals surface area contributed by atoms with Crippen molar-refractivity contribution in [1.82, 2.24) is 5.32 Å². The Balaban J connectivity index is 2.12. The molecule has 0 aliphatic carbocycles. The fourth-order valence-electron chi connectivity index (χ4n) is 1.76. The first-order valence-corrected chi connectivity index (χ1v) is 4.97. The number of alkyl halides is 2. The number of rotatable bonds is 4. The van der Waals surface area contributed by atoms with Crippen LogP contribution in [0.4, 0.5) is 8.78 Å². The summed E-state index contributed by atoms with van der Waals surface area (Å²) >= 11 is 0. The highest BCUT2D eigenvalue weighted by molar-refractivity contribution is 5.33. The van der Waals surface area contributed by atoms with Gasteiger partial charge in [-0.05, 0) is 17.7 Å². The lowest BCUT2D eigenvalue weighted by Gasteiger charge is -2.41. The van der Waals surface area contributed by atoms with Crippen LogP contribution in [-0.2, 0) is 10.3 Å². The highest BCUT2D eigenvalue weighted by atomic mass is 19.3. The van der Waals surface area contributed by atoms with E-state index < -0.39 is 6.61 Å². The monoisotopic (exact) mass is 229 g/mol. The SMILES string of the molecule is COC1(c2ccc(OC(F)F)cc2)CNC1. The Morgan fingerprint density at radius 3 is 2.25 bits per heavy atom. The summed E-state index contributed by atoms with van der Waals surface area (Å²) < 4.78 is 33.6. The van der Waals surface area contributed by atoms with Crippen LogP contribution < -0.4 is 10.1 Å². The summed E-state index contributed by atoms with van der Waals surface area (Å²) in [5.74, 6) is 0.164. The van der Waals surface area contributed by atoms with Gasteiger partial charge >= 0.3 is 6.61 Å². The second-order valence-electron chi connectivity index (χ2n) is 3.70. The van der Waals surface area contributed by atoms with Crippen molar-refractivity contribution in [1.29, 1.82) is 0 Å². The lowest BCUT2D eigenvalue weighted by Crippen LogP contribution is -2.57. The Labute approximate surface area is 92.4 Å². The van der Waals surface area contributed by atoms with E-state index in [1.165, 1.54) is 12.1 Å². The van der Waals surface area contributed by atoms with Gasteiger partial charge in [-0.1, -0.05) is 12.1 Å². The zero-order valence-corrected chi connectivity index (χ0v) is 8.87. The number of benzene rings is 1. The van der Waals surface area contributed by atoms with Crippen LogP contribution in [0.1, 0.15) is 5.56 Å². The first-order chi connectivity index (χ1) is 7.66. The van der Waals surface area contributed by atoms with Gasteiger partial charge in [-0.15, -0.1) is 0 Å². The van der Waals surface area contributed by atoms with Crippen LogP contribution in [0.2, 0.25) is 0 Å². The van der Waals surface area contributed by atoms with E-state index >= 15 is 0 Å². The zero-order chi connectivity index (χ0) is 11.6. The minimum absolute atomic E-state index is 0.164. The van der Waals surface area contributed by atoms with Crippen molar-refractivity contribution in [2.45, 2.75) is 12.2 Å². The summed E-state index contributed by atoms with van der Waals surface area (Å²) in [5.41, 5.74) is 0.652. The van der Waals surface area contributed by atoms with Crippen molar-refractivity contribution in [2.24, 2.45) is 0 Å². The lowest BCUT2D eigenvalue weighted by atomic mass is 9.88. The van der Waals surface area contributed by atoms with Gasteiger partial charge in [-0.3, -0.25) is 0 Å². The minimum atomic E-state index is -2.78. The molecule has 0 radical (unpaired) electrons. The summed E-state index contributed by atoms with van der Waals surface area (Å²) in [6.07, 6.45) is 0. The molecule has 2 rings (SSSR count). The van der Waals surface area contributed by atoms with Crippen LogP contribution in [0, 0.1) is 0 Å². The first kappa shape index (κ1) is 11.3. The van der Waals surface area contributed by atoms with Crippen LogP contribution in [0.15, 0.2) is 24.3 Å². The predicted molar refractivity (Wildman–Crippen MR) is 54.6 cm³/mol. The normalized spacial score (nSPS) is 18.2. The molecule has 1 saturated heterocycles. The van der Waals surface area contributed by atoms with Crippen molar-refractivity contribution in [3.05, 3.63) is 29.8 Å². The number of ether oxygens (including phenoxy) is 2. The Morgan fingerprint density at radius 1 is 1.25 bits per heavy atom. The van der Waals surface area contributed by atoms with E-state index in [4.69, 9.17) is 4.74 Å². The minimum Gasteiger partial charge on any atom is -0.435 e. The van der Waals surface area contributed by atoms with Crippen molar-refractivity contribution in [3.8, 4) is 5.75 Å². The van der Waals surface area contributed by atoms with Gasteiger partial charge in [0.2, 0.25) is 0 Å². The third-order valence-corrected chi connectivity index (χ3v) is 2.82. The largest absolute Gasteiger partial charge is 0.435 e. The van der Waals surface area contributed by atoms with Gasteiger partial charge < -0.3 is 14.8 Å². The molecule has 16 heavy (non-hydrogen) atoms. The van der Waals surface area contributed by atoms with E-state index in [9.17, 15) is 8.78 Å². The van der Waals surface area contributed by atoms with E-state index in [1.54, 1.807) is 19.2 Å². The van der Waals surface area contributed by atoms with Crippen LogP contribution in [0.25, 0.3) is 0 Å². The summed E-state index contributed by atoms with van der Waals surface area (Å²) in [4.78, 5) is 0. The molecule has 1 heterocycles. The summed E-state index contributed by atoms with van der Waals surface area (Å²) in [7, 11) is 1.64. The summed E-state index contributed by atoms with van der Waals surface area (Å²) in [5, 5.41) is 3.12.